The summed E-state index contributed by atoms with van der Waals surface area (Å²) >= 11 is 0. The zero-order valence-corrected chi connectivity index (χ0v) is 35.3. The van der Waals surface area contributed by atoms with E-state index in [-0.39, 0.29) is 90.1 Å². The van der Waals surface area contributed by atoms with Crippen molar-refractivity contribution in [2.45, 2.75) is 163 Å². The smallest absolute Gasteiger partial charge is 0.872 e. The number of benzene rings is 3. The van der Waals surface area contributed by atoms with Crippen molar-refractivity contribution >= 4 is 0 Å². The van der Waals surface area contributed by atoms with Gasteiger partial charge in [0.2, 0.25) is 0 Å². The molecule has 0 unspecified atom stereocenters. The van der Waals surface area contributed by atoms with Gasteiger partial charge in [-0.05, 0) is 82.6 Å². The van der Waals surface area contributed by atoms with E-state index in [1.807, 2.05) is 36.4 Å². The van der Waals surface area contributed by atoms with Gasteiger partial charge >= 0.3 is 56.6 Å². The van der Waals surface area contributed by atoms with E-state index in [9.17, 15) is 15.3 Å². The third-order valence-electron chi connectivity index (χ3n) is 9.31. The van der Waals surface area contributed by atoms with Crippen LogP contribution < -0.4 is 71.9 Å². The van der Waals surface area contributed by atoms with Crippen molar-refractivity contribution in [2.75, 3.05) is 0 Å². The Labute approximate surface area is 336 Å². The van der Waals surface area contributed by atoms with Gasteiger partial charge < -0.3 is 15.3 Å². The van der Waals surface area contributed by atoms with Crippen molar-refractivity contribution in [3.63, 3.8) is 0 Å². The molecule has 3 nitrogen and oxygen atoms in total. The summed E-state index contributed by atoms with van der Waals surface area (Å²) in [4.78, 5) is 0. The minimum absolute atomic E-state index is 0. The topological polar surface area (TPSA) is 69.2 Å². The van der Waals surface area contributed by atoms with Crippen LogP contribution in [0, 0.1) is 0 Å². The summed E-state index contributed by atoms with van der Waals surface area (Å²) < 4.78 is 0. The molecule has 3 rings (SSSR count). The van der Waals surface area contributed by atoms with Gasteiger partial charge in [-0.15, -0.1) is 17.2 Å². The van der Waals surface area contributed by atoms with E-state index in [1.165, 1.54) is 0 Å². The normalized spacial score (nSPS) is 13.0. The Balaban J connectivity index is 0.00000768. The molecule has 0 fully saturated rings. The first-order chi connectivity index (χ1) is 20.4. The molecule has 3 aromatic rings. The molecular weight excluding hydrogens is 585 g/mol. The molecule has 0 aliphatic heterocycles. The summed E-state index contributed by atoms with van der Waals surface area (Å²) in [5.41, 5.74) is 4.56. The molecule has 0 N–H and O–H groups in total. The Morgan fingerprint density at radius 2 is 0.510 bits per heavy atom. The van der Waals surface area contributed by atoms with Gasteiger partial charge in [0.05, 0.1) is 0 Å². The molecule has 0 heterocycles. The van der Waals surface area contributed by atoms with Crippen LogP contribution in [-0.4, -0.2) is 0 Å². The SMILES string of the molecule is CC(C)(C)c1cc(C(c2cc(C(C)(C)C)cc(C(C)(C)C)c2[O-])c2cc(C(C)(C)C)cc(C(C)(C)C)c2[O-])c([O-])c(C(C)(C)C)c1.[Li+].[Li+].[Li+]. The van der Waals surface area contributed by atoms with Crippen LogP contribution in [0.25, 0.3) is 0 Å². The Bertz CT molecular complexity index is 1420. The molecule has 0 atom stereocenters. The summed E-state index contributed by atoms with van der Waals surface area (Å²) in [6.07, 6.45) is 0. The maximum atomic E-state index is 14.8. The molecule has 0 amide bonds. The van der Waals surface area contributed by atoms with Crippen molar-refractivity contribution in [2.24, 2.45) is 0 Å². The largest absolute Gasteiger partial charge is 1.00 e. The van der Waals surface area contributed by atoms with Gasteiger partial charge in [-0.25, -0.2) is 0 Å². The molecule has 6 heteroatoms. The average molecular weight is 647 g/mol. The molecule has 0 radical (unpaired) electrons. The summed E-state index contributed by atoms with van der Waals surface area (Å²) in [5, 5.41) is 44.5. The van der Waals surface area contributed by atoms with Gasteiger partial charge in [0, 0.05) is 5.92 Å². The van der Waals surface area contributed by atoms with Crippen LogP contribution in [0.1, 0.15) is 181 Å². The number of rotatable bonds is 3. The first kappa shape index (κ1) is 47.9. The van der Waals surface area contributed by atoms with Crippen LogP contribution in [0.5, 0.6) is 17.2 Å². The van der Waals surface area contributed by atoms with Crippen LogP contribution in [-0.2, 0) is 32.5 Å². The van der Waals surface area contributed by atoms with Gasteiger partial charge in [-0.2, -0.15) is 0 Å². The predicted octanol–water partition coefficient (Wildman–Crippen LogP) is 0.885. The van der Waals surface area contributed by atoms with Gasteiger partial charge in [-0.3, -0.25) is 0 Å². The zero-order valence-electron chi connectivity index (χ0n) is 35.3. The molecule has 0 spiro atoms. The fourth-order valence-electron chi connectivity index (χ4n) is 6.07. The second-order valence-corrected chi connectivity index (χ2v) is 19.8. The maximum Gasteiger partial charge on any atom is 1.00 e. The maximum absolute atomic E-state index is 14.8. The minimum Gasteiger partial charge on any atom is -0.872 e. The Morgan fingerprint density at radius 1 is 0.327 bits per heavy atom. The fourth-order valence-corrected chi connectivity index (χ4v) is 6.07. The molecule has 49 heavy (non-hydrogen) atoms. The molecule has 0 aliphatic carbocycles. The van der Waals surface area contributed by atoms with Gasteiger partial charge in [0.15, 0.2) is 0 Å². The number of hydrogen-bond acceptors (Lipinski definition) is 3. The van der Waals surface area contributed by atoms with E-state index in [2.05, 4.69) is 125 Å². The van der Waals surface area contributed by atoms with E-state index in [1.54, 1.807) is 0 Å². The van der Waals surface area contributed by atoms with Crippen molar-refractivity contribution in [1.82, 2.24) is 0 Å². The second-order valence-electron chi connectivity index (χ2n) is 19.8. The second kappa shape index (κ2) is 15.4. The summed E-state index contributed by atoms with van der Waals surface area (Å²) in [5.74, 6) is -1.12. The van der Waals surface area contributed by atoms with E-state index in [0.717, 1.165) is 16.7 Å². The molecule has 0 bridgehead atoms. The minimum atomic E-state index is -0.831. The molecule has 0 saturated carbocycles. The van der Waals surface area contributed by atoms with Gasteiger partial charge in [-0.1, -0.05) is 161 Å². The van der Waals surface area contributed by atoms with Crippen molar-refractivity contribution in [3.8, 4) is 17.2 Å². The third-order valence-corrected chi connectivity index (χ3v) is 9.31. The molecule has 0 aromatic heterocycles. The van der Waals surface area contributed by atoms with Crippen molar-refractivity contribution in [1.29, 1.82) is 0 Å². The zero-order chi connectivity index (χ0) is 35.7. The predicted molar refractivity (Wildman–Crippen MR) is 191 cm³/mol. The molecule has 0 aliphatic rings. The van der Waals surface area contributed by atoms with E-state index >= 15 is 0 Å². The molecule has 0 saturated heterocycles. The van der Waals surface area contributed by atoms with Crippen LogP contribution in [0.3, 0.4) is 0 Å². The Morgan fingerprint density at radius 3 is 0.653 bits per heavy atom. The van der Waals surface area contributed by atoms with Crippen LogP contribution in [0.4, 0.5) is 0 Å². The first-order valence-corrected chi connectivity index (χ1v) is 16.9. The fraction of sp³-hybridized carbons (Fsp3) is 0.581. The van der Waals surface area contributed by atoms with Gasteiger partial charge in [0.1, 0.15) is 0 Å². The van der Waals surface area contributed by atoms with Gasteiger partial charge in [0.25, 0.3) is 0 Å². The average Bonchev–Trinajstić information content (AvgIpc) is 2.82. The molecule has 3 aromatic carbocycles. The van der Waals surface area contributed by atoms with E-state index in [4.69, 9.17) is 0 Å². The Hall–Kier alpha value is -1.15. The first-order valence-electron chi connectivity index (χ1n) is 16.9. The summed E-state index contributed by atoms with van der Waals surface area (Å²) in [7, 11) is 0. The Kier molecular flexibility index (Phi) is 15.1. The molecule has 254 valence electrons. The number of hydrogen-bond donors (Lipinski definition) is 0. The van der Waals surface area contributed by atoms with Crippen molar-refractivity contribution < 1.29 is 71.9 Å². The monoisotopic (exact) mass is 647 g/mol. The summed E-state index contributed by atoms with van der Waals surface area (Å²) in [6.45, 7) is 37.8. The third kappa shape index (κ3) is 10.5. The standard InChI is InChI=1S/C43H64O3.3Li/c1-38(2,3)25-19-28(35(44)31(22-25)41(10,11)12)34(29-20-26(39(4,5)6)23-32(36(29)45)42(13,14)15)30-21-27(40(7,8)9)24-33(37(30)46)43(16,17)18;;;/h19-24,34,44-46H,1-18H3;;;/q;3*+1/p-3. The summed E-state index contributed by atoms with van der Waals surface area (Å²) in [6, 6.07) is 12.1. The van der Waals surface area contributed by atoms with Crippen LogP contribution >= 0.6 is 0 Å². The van der Waals surface area contributed by atoms with E-state index < -0.39 is 22.2 Å². The molecular formula is C43H61Li3O3. The van der Waals surface area contributed by atoms with Crippen LogP contribution in [0.2, 0.25) is 0 Å². The van der Waals surface area contributed by atoms with Crippen LogP contribution in [0.15, 0.2) is 36.4 Å². The van der Waals surface area contributed by atoms with Crippen molar-refractivity contribution in [3.05, 3.63) is 86.5 Å². The van der Waals surface area contributed by atoms with E-state index in [0.29, 0.717) is 33.4 Å². The quantitative estimate of drug-likeness (QED) is 0.314.